The van der Waals surface area contributed by atoms with E-state index < -0.39 is 5.54 Å². The van der Waals surface area contributed by atoms with Crippen LogP contribution < -0.4 is 5.32 Å². The zero-order chi connectivity index (χ0) is 13.0. The molecule has 0 atom stereocenters. The van der Waals surface area contributed by atoms with Crippen LogP contribution in [0.4, 0.5) is 5.82 Å². The highest BCUT2D eigenvalue weighted by Crippen LogP contribution is 2.31. The number of nitrogens with one attached hydrogen (secondary N) is 1. The van der Waals surface area contributed by atoms with Crippen molar-refractivity contribution in [3.63, 3.8) is 0 Å². The number of rotatable bonds is 3. The second-order valence-electron chi connectivity index (χ2n) is 5.54. The highest BCUT2D eigenvalue weighted by molar-refractivity contribution is 5.39. The molecule has 2 rings (SSSR count). The van der Waals surface area contributed by atoms with Crippen LogP contribution in [-0.4, -0.2) is 15.7 Å². The summed E-state index contributed by atoms with van der Waals surface area (Å²) >= 11 is 0. The summed E-state index contributed by atoms with van der Waals surface area (Å²) in [5.41, 5.74) is 0.483. The molecule has 1 aromatic rings. The smallest absolute Gasteiger partial charge is 0.149 e. The van der Waals surface area contributed by atoms with Crippen molar-refractivity contribution in [3.8, 4) is 6.07 Å². The second kappa shape index (κ2) is 5.34. The fraction of sp³-hybridized carbons (Fsp3) is 0.643. The lowest BCUT2D eigenvalue weighted by atomic mass is 9.87. The number of aromatic nitrogens is 2. The lowest BCUT2D eigenvalue weighted by molar-refractivity contribution is 0.434. The Morgan fingerprint density at radius 3 is 2.50 bits per heavy atom. The monoisotopic (exact) mass is 244 g/mol. The molecule has 1 aliphatic rings. The maximum absolute atomic E-state index is 8.95. The van der Waals surface area contributed by atoms with E-state index in [4.69, 9.17) is 5.26 Å². The molecule has 0 spiro atoms. The van der Waals surface area contributed by atoms with E-state index in [0.29, 0.717) is 11.7 Å². The Morgan fingerprint density at radius 1 is 1.22 bits per heavy atom. The van der Waals surface area contributed by atoms with Crippen molar-refractivity contribution in [3.05, 3.63) is 17.8 Å². The molecule has 0 aliphatic heterocycles. The van der Waals surface area contributed by atoms with Gasteiger partial charge in [0.2, 0.25) is 0 Å². The summed E-state index contributed by atoms with van der Waals surface area (Å²) in [6, 6.07) is 6.16. The molecule has 0 radical (unpaired) electrons. The first-order valence-corrected chi connectivity index (χ1v) is 6.64. The predicted molar refractivity (Wildman–Crippen MR) is 71.2 cm³/mol. The molecule has 0 aromatic carbocycles. The molecule has 1 aliphatic carbocycles. The average Bonchev–Trinajstić information content (AvgIpc) is 2.40. The predicted octanol–water partition coefficient (Wildman–Crippen LogP) is 3.24. The summed E-state index contributed by atoms with van der Waals surface area (Å²) in [5.74, 6) is 1.24. The summed E-state index contributed by atoms with van der Waals surface area (Å²) in [6.07, 6.45) is 6.40. The lowest BCUT2D eigenvalue weighted by Crippen LogP contribution is -2.29. The van der Waals surface area contributed by atoms with Crippen LogP contribution in [0.5, 0.6) is 0 Å². The Balaban J connectivity index is 2.03. The van der Waals surface area contributed by atoms with Gasteiger partial charge in [0.1, 0.15) is 11.4 Å². The third-order valence-electron chi connectivity index (χ3n) is 3.43. The minimum Gasteiger partial charge on any atom is -0.351 e. The molecule has 0 bridgehead atoms. The van der Waals surface area contributed by atoms with Crippen molar-refractivity contribution in [2.75, 3.05) is 5.32 Å². The molecule has 0 amide bonds. The van der Waals surface area contributed by atoms with Gasteiger partial charge in [-0.15, -0.1) is 5.10 Å². The van der Waals surface area contributed by atoms with Gasteiger partial charge in [-0.2, -0.15) is 10.4 Å². The Kier molecular flexibility index (Phi) is 3.81. The van der Waals surface area contributed by atoms with Gasteiger partial charge in [-0.3, -0.25) is 0 Å². The molecular formula is C14H20N4. The van der Waals surface area contributed by atoms with E-state index in [1.54, 1.807) is 0 Å². The Bertz CT molecular complexity index is 424. The molecule has 1 aromatic heterocycles. The largest absolute Gasteiger partial charge is 0.351 e. The number of anilines is 1. The first-order valence-electron chi connectivity index (χ1n) is 6.64. The van der Waals surface area contributed by atoms with Gasteiger partial charge < -0.3 is 5.32 Å². The summed E-state index contributed by atoms with van der Waals surface area (Å²) in [5, 5.41) is 20.5. The van der Waals surface area contributed by atoms with Crippen LogP contribution in [0.1, 0.15) is 57.6 Å². The topological polar surface area (TPSA) is 61.6 Å². The fourth-order valence-electron chi connectivity index (χ4n) is 2.37. The number of hydrogen-bond acceptors (Lipinski definition) is 4. The minimum atomic E-state index is -0.610. The molecule has 1 N–H and O–H groups in total. The Morgan fingerprint density at radius 2 is 1.94 bits per heavy atom. The Hall–Kier alpha value is -1.63. The van der Waals surface area contributed by atoms with Gasteiger partial charge in [0, 0.05) is 5.92 Å². The zero-order valence-corrected chi connectivity index (χ0v) is 11.1. The van der Waals surface area contributed by atoms with Gasteiger partial charge in [-0.25, -0.2) is 0 Å². The number of nitriles is 1. The highest BCUT2D eigenvalue weighted by atomic mass is 15.2. The molecule has 0 saturated heterocycles. The van der Waals surface area contributed by atoms with Crippen LogP contribution in [0.15, 0.2) is 12.1 Å². The van der Waals surface area contributed by atoms with Crippen molar-refractivity contribution in [2.24, 2.45) is 0 Å². The van der Waals surface area contributed by atoms with E-state index in [2.05, 4.69) is 21.6 Å². The lowest BCUT2D eigenvalue weighted by Gasteiger charge is -2.21. The van der Waals surface area contributed by atoms with Crippen molar-refractivity contribution in [1.29, 1.82) is 5.26 Å². The molecule has 4 heteroatoms. The van der Waals surface area contributed by atoms with Crippen molar-refractivity contribution in [1.82, 2.24) is 10.2 Å². The fourth-order valence-corrected chi connectivity index (χ4v) is 2.37. The SMILES string of the molecule is CC(C)(C#N)Nc1ccc(C2CCCCC2)nn1. The van der Waals surface area contributed by atoms with Gasteiger partial charge in [0.15, 0.2) is 0 Å². The number of hydrogen-bond donors (Lipinski definition) is 1. The third-order valence-corrected chi connectivity index (χ3v) is 3.43. The summed E-state index contributed by atoms with van der Waals surface area (Å²) in [6.45, 7) is 3.65. The maximum Gasteiger partial charge on any atom is 0.149 e. The summed E-state index contributed by atoms with van der Waals surface area (Å²) in [7, 11) is 0. The molecular weight excluding hydrogens is 224 g/mol. The first-order chi connectivity index (χ1) is 8.61. The van der Waals surface area contributed by atoms with Crippen LogP contribution in [0.25, 0.3) is 0 Å². The van der Waals surface area contributed by atoms with E-state index in [9.17, 15) is 0 Å². The van der Waals surface area contributed by atoms with Gasteiger partial charge in [-0.1, -0.05) is 19.3 Å². The van der Waals surface area contributed by atoms with Crippen LogP contribution in [-0.2, 0) is 0 Å². The van der Waals surface area contributed by atoms with Gasteiger partial charge in [-0.05, 0) is 38.8 Å². The van der Waals surface area contributed by atoms with E-state index in [1.807, 2.05) is 26.0 Å². The molecule has 96 valence electrons. The van der Waals surface area contributed by atoms with E-state index in [1.165, 1.54) is 32.1 Å². The van der Waals surface area contributed by atoms with Crippen LogP contribution in [0, 0.1) is 11.3 Å². The maximum atomic E-state index is 8.95. The summed E-state index contributed by atoms with van der Waals surface area (Å²) in [4.78, 5) is 0. The van der Waals surface area contributed by atoms with Crippen LogP contribution >= 0.6 is 0 Å². The normalized spacial score (nSPS) is 17.2. The van der Waals surface area contributed by atoms with Crippen LogP contribution in [0.2, 0.25) is 0 Å². The third kappa shape index (κ3) is 3.19. The number of nitrogens with zero attached hydrogens (tertiary/aromatic N) is 3. The molecule has 4 nitrogen and oxygen atoms in total. The quantitative estimate of drug-likeness (QED) is 0.886. The molecule has 1 saturated carbocycles. The molecule has 1 heterocycles. The highest BCUT2D eigenvalue weighted by Gasteiger charge is 2.19. The average molecular weight is 244 g/mol. The van der Waals surface area contributed by atoms with E-state index in [0.717, 1.165) is 5.69 Å². The van der Waals surface area contributed by atoms with Gasteiger partial charge in [0.05, 0.1) is 11.8 Å². The van der Waals surface area contributed by atoms with Gasteiger partial charge in [0.25, 0.3) is 0 Å². The minimum absolute atomic E-state index is 0.573. The van der Waals surface area contributed by atoms with Crippen molar-refractivity contribution < 1.29 is 0 Å². The zero-order valence-electron chi connectivity index (χ0n) is 11.1. The van der Waals surface area contributed by atoms with Crippen LogP contribution in [0.3, 0.4) is 0 Å². The van der Waals surface area contributed by atoms with E-state index >= 15 is 0 Å². The molecule has 0 unspecified atom stereocenters. The van der Waals surface area contributed by atoms with Crippen molar-refractivity contribution in [2.45, 2.75) is 57.4 Å². The van der Waals surface area contributed by atoms with Crippen molar-refractivity contribution >= 4 is 5.82 Å². The first kappa shape index (κ1) is 12.8. The standard InChI is InChI=1S/C14H20N4/c1-14(2,10-15)16-13-9-8-12(17-18-13)11-6-4-3-5-7-11/h8-9,11H,3-7H2,1-2H3,(H,16,18). The second-order valence-corrected chi connectivity index (χ2v) is 5.54. The van der Waals surface area contributed by atoms with E-state index in [-0.39, 0.29) is 0 Å². The summed E-state index contributed by atoms with van der Waals surface area (Å²) < 4.78 is 0. The molecule has 18 heavy (non-hydrogen) atoms. The van der Waals surface area contributed by atoms with Gasteiger partial charge >= 0.3 is 0 Å². The Labute approximate surface area is 108 Å². The molecule has 1 fully saturated rings.